The predicted octanol–water partition coefficient (Wildman–Crippen LogP) is 2.92. The summed E-state index contributed by atoms with van der Waals surface area (Å²) in [4.78, 5) is 23.5. The van der Waals surface area contributed by atoms with Crippen LogP contribution in [0.3, 0.4) is 0 Å². The number of nitrogens with zero attached hydrogens (tertiary/aromatic N) is 4. The molecule has 1 aliphatic rings. The van der Waals surface area contributed by atoms with Gasteiger partial charge >= 0.3 is 6.18 Å². The Labute approximate surface area is 155 Å². The summed E-state index contributed by atoms with van der Waals surface area (Å²) >= 11 is 0. The number of aromatic nitrogens is 2. The Morgan fingerprint density at radius 2 is 1.89 bits per heavy atom. The topological polar surface area (TPSA) is 49.3 Å². The van der Waals surface area contributed by atoms with Crippen LogP contribution in [0.15, 0.2) is 49.3 Å². The Morgan fingerprint density at radius 3 is 2.48 bits per heavy atom. The summed E-state index contributed by atoms with van der Waals surface area (Å²) in [6.45, 7) is 5.91. The molecule has 0 bridgehead atoms. The monoisotopic (exact) mass is 376 g/mol. The molecule has 0 saturated carbocycles. The molecule has 142 valence electrons. The molecule has 0 radical (unpaired) electrons. The van der Waals surface area contributed by atoms with Crippen LogP contribution >= 0.6 is 0 Å². The van der Waals surface area contributed by atoms with E-state index in [4.69, 9.17) is 0 Å². The molecule has 0 unspecified atom stereocenters. The van der Waals surface area contributed by atoms with E-state index in [2.05, 4.69) is 21.4 Å². The van der Waals surface area contributed by atoms with E-state index in [0.717, 1.165) is 17.4 Å². The van der Waals surface area contributed by atoms with Gasteiger partial charge in [-0.2, -0.15) is 13.2 Å². The summed E-state index contributed by atoms with van der Waals surface area (Å²) in [6, 6.07) is 6.13. The third kappa shape index (κ3) is 4.45. The highest BCUT2D eigenvalue weighted by atomic mass is 19.4. The van der Waals surface area contributed by atoms with E-state index < -0.39 is 11.9 Å². The van der Waals surface area contributed by atoms with Gasteiger partial charge in [-0.1, -0.05) is 18.7 Å². The second kappa shape index (κ2) is 7.77. The van der Waals surface area contributed by atoms with Gasteiger partial charge in [-0.15, -0.1) is 0 Å². The number of pyridine rings is 2. The third-order valence-corrected chi connectivity index (χ3v) is 4.44. The normalized spacial score (nSPS) is 14.9. The molecule has 2 aromatic rings. The van der Waals surface area contributed by atoms with Gasteiger partial charge < -0.3 is 9.80 Å². The molecule has 3 rings (SSSR count). The lowest BCUT2D eigenvalue weighted by Crippen LogP contribution is -2.48. The first-order valence-corrected chi connectivity index (χ1v) is 8.51. The average Bonchev–Trinajstić information content (AvgIpc) is 2.68. The fraction of sp³-hybridized carbons (Fsp3) is 0.316. The molecule has 1 aliphatic heterocycles. The van der Waals surface area contributed by atoms with Crippen LogP contribution in [0.4, 0.5) is 19.0 Å². The summed E-state index contributed by atoms with van der Waals surface area (Å²) < 4.78 is 38.0. The van der Waals surface area contributed by atoms with Crippen LogP contribution in [0.5, 0.6) is 0 Å². The Kier molecular flexibility index (Phi) is 5.43. The molecule has 27 heavy (non-hydrogen) atoms. The second-order valence-electron chi connectivity index (χ2n) is 6.23. The molecule has 8 heteroatoms. The lowest BCUT2D eigenvalue weighted by atomic mass is 10.1. The van der Waals surface area contributed by atoms with Crippen LogP contribution < -0.4 is 4.90 Å². The Bertz CT molecular complexity index is 812. The molecule has 0 spiro atoms. The number of carbonyl (C=O) groups excluding carboxylic acids is 1. The van der Waals surface area contributed by atoms with Crippen LogP contribution in [-0.4, -0.2) is 47.0 Å². The zero-order valence-corrected chi connectivity index (χ0v) is 14.6. The number of amides is 1. The minimum Gasteiger partial charge on any atom is -0.353 e. The number of hydrogen-bond acceptors (Lipinski definition) is 4. The van der Waals surface area contributed by atoms with Crippen molar-refractivity contribution in [3.05, 3.63) is 66.1 Å². The number of carbonyl (C=O) groups is 1. The molecule has 3 heterocycles. The van der Waals surface area contributed by atoms with Crippen LogP contribution in [-0.2, 0) is 17.4 Å². The van der Waals surface area contributed by atoms with Gasteiger partial charge in [0.25, 0.3) is 0 Å². The number of halogens is 3. The van der Waals surface area contributed by atoms with Crippen LogP contribution in [0.1, 0.15) is 16.8 Å². The highest BCUT2D eigenvalue weighted by Gasteiger charge is 2.32. The van der Waals surface area contributed by atoms with E-state index in [1.165, 1.54) is 18.3 Å². The van der Waals surface area contributed by atoms with Crippen LogP contribution in [0.2, 0.25) is 0 Å². The van der Waals surface area contributed by atoms with Crippen molar-refractivity contribution >= 4 is 11.7 Å². The maximum atomic E-state index is 12.7. The van der Waals surface area contributed by atoms with Crippen molar-refractivity contribution < 1.29 is 18.0 Å². The molecular weight excluding hydrogens is 357 g/mol. The van der Waals surface area contributed by atoms with E-state index >= 15 is 0 Å². The molecular formula is C19H19F3N4O. The summed E-state index contributed by atoms with van der Waals surface area (Å²) in [5.41, 5.74) is 0.681. The number of rotatable bonds is 4. The van der Waals surface area contributed by atoms with Crippen molar-refractivity contribution in [3.8, 4) is 0 Å². The first-order valence-electron chi connectivity index (χ1n) is 8.51. The Hall–Kier alpha value is -2.90. The maximum absolute atomic E-state index is 12.7. The smallest absolute Gasteiger partial charge is 0.353 e. The fourth-order valence-corrected chi connectivity index (χ4v) is 3.04. The SMILES string of the molecule is C=CC(=O)N1CCN(c2ncccc2Cc2ccc(C(F)(F)F)nc2)CC1. The number of anilines is 1. The first kappa shape index (κ1) is 18.9. The van der Waals surface area contributed by atoms with Crippen molar-refractivity contribution in [2.24, 2.45) is 0 Å². The van der Waals surface area contributed by atoms with Crippen LogP contribution in [0, 0.1) is 0 Å². The molecule has 0 aliphatic carbocycles. The van der Waals surface area contributed by atoms with Gasteiger partial charge in [0.2, 0.25) is 5.91 Å². The standard InChI is InChI=1S/C19H19F3N4O/c1-2-17(27)25-8-10-26(11-9-25)18-15(4-3-7-23-18)12-14-5-6-16(24-13-14)19(20,21)22/h2-7,13H,1,8-12H2. The van der Waals surface area contributed by atoms with Crippen LogP contribution in [0.25, 0.3) is 0 Å². The van der Waals surface area contributed by atoms with E-state index in [1.54, 1.807) is 17.2 Å². The zero-order chi connectivity index (χ0) is 19.4. The van der Waals surface area contributed by atoms with Gasteiger partial charge in [-0.25, -0.2) is 4.98 Å². The van der Waals surface area contributed by atoms with Gasteiger partial charge in [-0.05, 0) is 29.3 Å². The molecule has 0 atom stereocenters. The number of hydrogen-bond donors (Lipinski definition) is 0. The number of alkyl halides is 3. The van der Waals surface area contributed by atoms with Gasteiger partial charge in [0, 0.05) is 45.0 Å². The maximum Gasteiger partial charge on any atom is 0.433 e. The predicted molar refractivity (Wildman–Crippen MR) is 95.3 cm³/mol. The van der Waals surface area contributed by atoms with Crippen molar-refractivity contribution in [1.82, 2.24) is 14.9 Å². The highest BCUT2D eigenvalue weighted by Crippen LogP contribution is 2.28. The lowest BCUT2D eigenvalue weighted by molar-refractivity contribution is -0.141. The lowest BCUT2D eigenvalue weighted by Gasteiger charge is -2.35. The molecule has 0 N–H and O–H groups in total. The summed E-state index contributed by atoms with van der Waals surface area (Å²) in [5, 5.41) is 0. The summed E-state index contributed by atoms with van der Waals surface area (Å²) in [5.74, 6) is 0.690. The minimum absolute atomic E-state index is 0.0910. The third-order valence-electron chi connectivity index (χ3n) is 4.44. The zero-order valence-electron chi connectivity index (χ0n) is 14.6. The largest absolute Gasteiger partial charge is 0.433 e. The quantitative estimate of drug-likeness (QED) is 0.770. The molecule has 2 aromatic heterocycles. The minimum atomic E-state index is -4.44. The van der Waals surface area contributed by atoms with Crippen molar-refractivity contribution in [1.29, 1.82) is 0 Å². The molecule has 5 nitrogen and oxygen atoms in total. The van der Waals surface area contributed by atoms with E-state index in [1.807, 2.05) is 6.07 Å². The Morgan fingerprint density at radius 1 is 1.15 bits per heavy atom. The van der Waals surface area contributed by atoms with Gasteiger partial charge in [0.05, 0.1) is 0 Å². The van der Waals surface area contributed by atoms with E-state index in [9.17, 15) is 18.0 Å². The number of piperazine rings is 1. The van der Waals surface area contributed by atoms with Crippen molar-refractivity contribution in [2.45, 2.75) is 12.6 Å². The Balaban J connectivity index is 1.73. The van der Waals surface area contributed by atoms with Gasteiger partial charge in [-0.3, -0.25) is 9.78 Å². The van der Waals surface area contributed by atoms with E-state index in [0.29, 0.717) is 38.2 Å². The fourth-order valence-electron chi connectivity index (χ4n) is 3.04. The van der Waals surface area contributed by atoms with Crippen molar-refractivity contribution in [2.75, 3.05) is 31.1 Å². The molecule has 1 saturated heterocycles. The second-order valence-corrected chi connectivity index (χ2v) is 6.23. The van der Waals surface area contributed by atoms with Crippen molar-refractivity contribution in [3.63, 3.8) is 0 Å². The van der Waals surface area contributed by atoms with E-state index in [-0.39, 0.29) is 5.91 Å². The average molecular weight is 376 g/mol. The summed E-state index contributed by atoms with van der Waals surface area (Å²) in [7, 11) is 0. The highest BCUT2D eigenvalue weighted by molar-refractivity contribution is 5.87. The molecule has 1 fully saturated rings. The first-order chi connectivity index (χ1) is 12.9. The molecule has 1 amide bonds. The van der Waals surface area contributed by atoms with Gasteiger partial charge in [0.1, 0.15) is 11.5 Å². The summed E-state index contributed by atoms with van der Waals surface area (Å²) in [6.07, 6.45) is 0.228. The van der Waals surface area contributed by atoms with Gasteiger partial charge in [0.15, 0.2) is 0 Å². The molecule has 0 aromatic carbocycles.